The van der Waals surface area contributed by atoms with Gasteiger partial charge in [-0.3, -0.25) is 0 Å². The first kappa shape index (κ1) is 21.1. The van der Waals surface area contributed by atoms with Gasteiger partial charge in [0.15, 0.2) is 0 Å². The van der Waals surface area contributed by atoms with Gasteiger partial charge >= 0.3 is 8.80 Å². The smallest absolute Gasteiger partial charge is 0.374 e. The van der Waals surface area contributed by atoms with Crippen LogP contribution in [0.4, 0.5) is 0 Å². The summed E-state index contributed by atoms with van der Waals surface area (Å²) in [5, 5.41) is 3.18. The van der Waals surface area contributed by atoms with Gasteiger partial charge in [0.2, 0.25) is 10.3 Å². The minimum absolute atomic E-state index is 0.148. The zero-order valence-electron chi connectivity index (χ0n) is 13.4. The fourth-order valence-corrected chi connectivity index (χ4v) is 5.11. The molecule has 0 heterocycles. The van der Waals surface area contributed by atoms with Gasteiger partial charge in [0.25, 0.3) is 0 Å². The number of hydrogen-bond acceptors (Lipinski definition) is 5. The summed E-state index contributed by atoms with van der Waals surface area (Å²) in [5.74, 6) is 0. The summed E-state index contributed by atoms with van der Waals surface area (Å²) in [4.78, 5) is 2.36. The van der Waals surface area contributed by atoms with Gasteiger partial charge < -0.3 is 13.3 Å². The second-order valence-corrected chi connectivity index (χ2v) is 8.03. The van der Waals surface area contributed by atoms with Crippen LogP contribution >= 0.6 is 0 Å². The Hall–Kier alpha value is -0.903. The highest BCUT2D eigenvalue weighted by molar-refractivity contribution is 7.72. The topological polar surface area (TPSA) is 111 Å². The van der Waals surface area contributed by atoms with E-state index >= 15 is 0 Å². The highest BCUT2D eigenvalue weighted by Gasteiger charge is 2.39. The third-order valence-electron chi connectivity index (χ3n) is 2.82. The maximum absolute atomic E-state index is 10.8. The highest BCUT2D eigenvalue weighted by atomic mass is 32.2. The lowest BCUT2D eigenvalue weighted by molar-refractivity contribution is 0.0706. The van der Waals surface area contributed by atoms with Gasteiger partial charge in [0, 0.05) is 30.8 Å². The highest BCUT2D eigenvalue weighted by Crippen LogP contribution is 2.20. The average Bonchev–Trinajstić information content (AvgIpc) is 2.46. The summed E-state index contributed by atoms with van der Waals surface area (Å²) >= 11 is 0. The van der Waals surface area contributed by atoms with E-state index in [0.717, 1.165) is 12.8 Å². The van der Waals surface area contributed by atoms with Crippen molar-refractivity contribution >= 4 is 24.1 Å². The minimum Gasteiger partial charge on any atom is -0.374 e. The van der Waals surface area contributed by atoms with Crippen LogP contribution in [0.25, 0.3) is 10.4 Å². The van der Waals surface area contributed by atoms with Crippen molar-refractivity contribution in [3.05, 3.63) is 10.4 Å². The minimum atomic E-state index is -2.62. The molecule has 0 rings (SSSR count). The van der Waals surface area contributed by atoms with Crippen LogP contribution in [0.2, 0.25) is 6.04 Å². The van der Waals surface area contributed by atoms with Gasteiger partial charge in [0.05, 0.1) is 0 Å². The first-order valence-corrected chi connectivity index (χ1v) is 10.5. The van der Waals surface area contributed by atoms with Crippen molar-refractivity contribution in [2.75, 3.05) is 19.8 Å². The molecule has 0 aromatic heterocycles. The van der Waals surface area contributed by atoms with Crippen LogP contribution in [0.15, 0.2) is 5.11 Å². The molecular weight excluding hydrogens is 326 g/mol. The normalized spacial score (nSPS) is 11.0. The summed E-state index contributed by atoms with van der Waals surface area (Å²) in [5.41, 5.74) is 8.29. The average molecular weight is 352 g/mol. The van der Waals surface area contributed by atoms with Gasteiger partial charge in [-0.25, -0.2) is 0 Å². The zero-order valence-corrected chi connectivity index (χ0v) is 15.3. The third-order valence-corrected chi connectivity index (χ3v) is 6.64. The van der Waals surface area contributed by atoms with Crippen LogP contribution in [-0.2, 0) is 23.6 Å². The Morgan fingerprint density at radius 2 is 1.59 bits per heavy atom. The van der Waals surface area contributed by atoms with Gasteiger partial charge in [-0.15, -0.1) is 0 Å². The molecule has 22 heavy (non-hydrogen) atoms. The molecular formula is C12H25N3O5SSi. The Kier molecular flexibility index (Phi) is 12.1. The quantitative estimate of drug-likeness (QED) is 0.134. The molecule has 0 bridgehead atoms. The molecule has 0 spiro atoms. The van der Waals surface area contributed by atoms with Crippen LogP contribution in [0.5, 0.6) is 0 Å². The first-order chi connectivity index (χ1) is 10.5. The standard InChI is InChI=1S/C12H25N3O5SSi/c1-4-18-22(19-5-2,20-6-3)11-9-7-8-10-12(14-15-13)21(16)17/h4-11H2,1-3H3. The molecule has 0 saturated carbocycles. The second kappa shape index (κ2) is 12.6. The Morgan fingerprint density at radius 1 is 1.05 bits per heavy atom. The van der Waals surface area contributed by atoms with Crippen LogP contribution < -0.4 is 0 Å². The SMILES string of the molecule is CCO[Si](CCCCCC(N=[N+]=[N-])=S(=O)=O)(OCC)OCC. The summed E-state index contributed by atoms with van der Waals surface area (Å²) in [6.07, 6.45) is 2.45. The molecule has 8 nitrogen and oxygen atoms in total. The maximum atomic E-state index is 10.8. The second-order valence-electron chi connectivity index (χ2n) is 4.36. The fourth-order valence-electron chi connectivity index (χ4n) is 2.01. The summed E-state index contributed by atoms with van der Waals surface area (Å²) in [7, 11) is -5.07. The summed E-state index contributed by atoms with van der Waals surface area (Å²) < 4.78 is 38.8. The lowest BCUT2D eigenvalue weighted by Gasteiger charge is -2.28. The van der Waals surface area contributed by atoms with Gasteiger partial charge in [-0.2, -0.15) is 8.42 Å². The molecule has 0 aliphatic rings. The van der Waals surface area contributed by atoms with E-state index in [2.05, 4.69) is 10.0 Å². The van der Waals surface area contributed by atoms with Crippen LogP contribution in [0.1, 0.15) is 46.5 Å². The Labute approximate surface area is 134 Å². The van der Waals surface area contributed by atoms with Gasteiger partial charge in [0.1, 0.15) is 4.99 Å². The molecule has 0 aromatic carbocycles. The molecule has 0 amide bonds. The van der Waals surface area contributed by atoms with Crippen molar-refractivity contribution in [2.24, 2.45) is 5.11 Å². The summed E-state index contributed by atoms with van der Waals surface area (Å²) in [6.45, 7) is 7.34. The third kappa shape index (κ3) is 8.52. The predicted octanol–water partition coefficient (Wildman–Crippen LogP) is 2.91. The van der Waals surface area contributed by atoms with Crippen molar-refractivity contribution in [1.82, 2.24) is 0 Å². The van der Waals surface area contributed by atoms with E-state index < -0.39 is 19.1 Å². The molecule has 0 fully saturated rings. The Morgan fingerprint density at radius 3 is 2.00 bits per heavy atom. The molecule has 0 aliphatic carbocycles. The molecule has 0 unspecified atom stereocenters. The van der Waals surface area contributed by atoms with E-state index in [1.54, 1.807) is 0 Å². The lowest BCUT2D eigenvalue weighted by Crippen LogP contribution is -2.45. The first-order valence-electron chi connectivity index (χ1n) is 7.47. The van der Waals surface area contributed by atoms with Crippen molar-refractivity contribution in [3.63, 3.8) is 0 Å². The molecule has 0 N–H and O–H groups in total. The van der Waals surface area contributed by atoms with E-state index in [-0.39, 0.29) is 11.4 Å². The molecule has 128 valence electrons. The molecule has 0 radical (unpaired) electrons. The molecule has 10 heteroatoms. The van der Waals surface area contributed by atoms with Gasteiger partial charge in [-0.05, 0) is 50.7 Å². The van der Waals surface area contributed by atoms with Crippen molar-refractivity contribution in [1.29, 1.82) is 0 Å². The maximum Gasteiger partial charge on any atom is 0.500 e. The predicted molar refractivity (Wildman–Crippen MR) is 87.0 cm³/mol. The van der Waals surface area contributed by atoms with Crippen molar-refractivity contribution in [2.45, 2.75) is 52.5 Å². The zero-order chi connectivity index (χ0) is 16.8. The van der Waals surface area contributed by atoms with Crippen LogP contribution in [0.3, 0.4) is 0 Å². The Bertz CT molecular complexity index is 466. The van der Waals surface area contributed by atoms with E-state index in [1.165, 1.54) is 0 Å². The number of unbranched alkanes of at least 4 members (excludes halogenated alkanes) is 2. The van der Waals surface area contributed by atoms with Crippen LogP contribution in [0, 0.1) is 0 Å². The number of rotatable bonds is 12. The van der Waals surface area contributed by atoms with Crippen molar-refractivity contribution in [3.8, 4) is 0 Å². The van der Waals surface area contributed by atoms with Crippen molar-refractivity contribution < 1.29 is 21.7 Å². The number of hydrogen-bond donors (Lipinski definition) is 0. The molecule has 0 atom stereocenters. The number of azide groups is 1. The lowest BCUT2D eigenvalue weighted by atomic mass is 10.2. The van der Waals surface area contributed by atoms with E-state index in [0.29, 0.717) is 32.3 Å². The molecule has 0 aromatic rings. The monoisotopic (exact) mass is 351 g/mol. The summed E-state index contributed by atoms with van der Waals surface area (Å²) in [6, 6.07) is 0.694. The van der Waals surface area contributed by atoms with E-state index in [1.807, 2.05) is 20.8 Å². The van der Waals surface area contributed by atoms with E-state index in [9.17, 15) is 8.42 Å². The Balaban J connectivity index is 4.39. The van der Waals surface area contributed by atoms with Crippen LogP contribution in [-0.4, -0.2) is 42.0 Å². The fraction of sp³-hybridized carbons (Fsp3) is 0.917. The van der Waals surface area contributed by atoms with Gasteiger partial charge in [-0.1, -0.05) is 6.42 Å². The largest absolute Gasteiger partial charge is 0.500 e. The number of nitrogens with zero attached hydrogens (tertiary/aromatic N) is 3. The molecule has 0 aliphatic heterocycles. The van der Waals surface area contributed by atoms with E-state index in [4.69, 9.17) is 18.8 Å². The molecule has 0 saturated heterocycles.